The molecule has 0 aliphatic heterocycles. The summed E-state index contributed by atoms with van der Waals surface area (Å²) < 4.78 is 38.2. The SMILES string of the molecule is COc1cc2c(cc1S(=O)(=O)O)-c1ssc(=S)c1CC2. The summed E-state index contributed by atoms with van der Waals surface area (Å²) in [7, 11) is 0.138. The Labute approximate surface area is 128 Å². The van der Waals surface area contributed by atoms with Gasteiger partial charge >= 0.3 is 0 Å². The number of rotatable bonds is 2. The van der Waals surface area contributed by atoms with Crippen LogP contribution in [-0.2, 0) is 23.0 Å². The quantitative estimate of drug-likeness (QED) is 0.512. The summed E-state index contributed by atoms with van der Waals surface area (Å²) in [6.45, 7) is 0. The van der Waals surface area contributed by atoms with E-state index in [9.17, 15) is 13.0 Å². The number of hydrogen-bond acceptors (Lipinski definition) is 6. The van der Waals surface area contributed by atoms with Crippen molar-refractivity contribution in [2.75, 3.05) is 7.11 Å². The molecule has 1 aliphatic carbocycles. The van der Waals surface area contributed by atoms with Crippen LogP contribution in [0.5, 0.6) is 5.75 Å². The van der Waals surface area contributed by atoms with E-state index >= 15 is 0 Å². The Balaban J connectivity index is 2.32. The van der Waals surface area contributed by atoms with Gasteiger partial charge in [0.2, 0.25) is 0 Å². The number of hydrogen-bond donors (Lipinski definition) is 1. The molecular weight excluding hydrogens is 336 g/mol. The molecule has 0 amide bonds. The largest absolute Gasteiger partial charge is 0.495 e. The molecule has 1 N–H and O–H groups in total. The van der Waals surface area contributed by atoms with E-state index in [4.69, 9.17) is 17.0 Å². The third-order valence-electron chi connectivity index (χ3n) is 3.28. The molecule has 1 aromatic carbocycles. The first-order valence-electron chi connectivity index (χ1n) is 5.72. The lowest BCUT2D eigenvalue weighted by Gasteiger charge is -2.18. The monoisotopic (exact) mass is 346 g/mol. The highest BCUT2D eigenvalue weighted by molar-refractivity contribution is 7.86. The van der Waals surface area contributed by atoms with E-state index in [1.54, 1.807) is 16.4 Å². The molecule has 0 bridgehead atoms. The van der Waals surface area contributed by atoms with E-state index in [2.05, 4.69) is 0 Å². The van der Waals surface area contributed by atoms with Crippen molar-refractivity contribution < 1.29 is 17.7 Å². The van der Waals surface area contributed by atoms with Crippen molar-refractivity contribution in [2.45, 2.75) is 17.7 Å². The molecule has 0 saturated carbocycles. The van der Waals surface area contributed by atoms with Crippen LogP contribution in [0, 0.1) is 3.82 Å². The van der Waals surface area contributed by atoms with E-state index in [-0.39, 0.29) is 10.6 Å². The van der Waals surface area contributed by atoms with Gasteiger partial charge in [0, 0.05) is 5.56 Å². The molecule has 0 saturated heterocycles. The van der Waals surface area contributed by atoms with E-state index < -0.39 is 10.1 Å². The maximum atomic E-state index is 11.5. The Morgan fingerprint density at radius 3 is 2.70 bits per heavy atom. The van der Waals surface area contributed by atoms with Gasteiger partial charge in [0.15, 0.2) is 0 Å². The Morgan fingerprint density at radius 2 is 2.05 bits per heavy atom. The summed E-state index contributed by atoms with van der Waals surface area (Å²) >= 11 is 5.29. The zero-order valence-electron chi connectivity index (χ0n) is 10.4. The van der Waals surface area contributed by atoms with Crippen LogP contribution in [0.25, 0.3) is 10.4 Å². The van der Waals surface area contributed by atoms with Crippen molar-refractivity contribution in [3.63, 3.8) is 0 Å². The van der Waals surface area contributed by atoms with Crippen LogP contribution in [0.4, 0.5) is 0 Å². The first-order valence-corrected chi connectivity index (χ1v) is 9.72. The Bertz CT molecular complexity index is 845. The molecule has 0 radical (unpaired) electrons. The van der Waals surface area contributed by atoms with Crippen LogP contribution in [-0.4, -0.2) is 20.1 Å². The normalized spacial score (nSPS) is 13.7. The minimum absolute atomic E-state index is 0.175. The van der Waals surface area contributed by atoms with Gasteiger partial charge in [0.25, 0.3) is 10.1 Å². The fourth-order valence-corrected chi connectivity index (χ4v) is 6.04. The number of benzene rings is 1. The number of ether oxygens (including phenoxy) is 1. The van der Waals surface area contributed by atoms with Gasteiger partial charge in [-0.05, 0) is 36.1 Å². The van der Waals surface area contributed by atoms with E-state index in [0.29, 0.717) is 0 Å². The molecule has 0 spiro atoms. The predicted molar refractivity (Wildman–Crippen MR) is 82.2 cm³/mol. The zero-order valence-corrected chi connectivity index (χ0v) is 13.6. The summed E-state index contributed by atoms with van der Waals surface area (Å²) in [5, 5.41) is 0. The van der Waals surface area contributed by atoms with Crippen LogP contribution in [0.1, 0.15) is 11.1 Å². The molecule has 0 atom stereocenters. The molecule has 1 aliphatic rings. The Kier molecular flexibility index (Phi) is 3.46. The molecule has 3 rings (SSSR count). The van der Waals surface area contributed by atoms with Gasteiger partial charge < -0.3 is 4.74 Å². The second-order valence-corrected chi connectivity index (χ2v) is 8.60. The van der Waals surface area contributed by atoms with Gasteiger partial charge in [-0.25, -0.2) is 0 Å². The molecule has 4 nitrogen and oxygen atoms in total. The third kappa shape index (κ3) is 2.21. The number of fused-ring (bicyclic) bond motifs is 3. The van der Waals surface area contributed by atoms with E-state index in [1.807, 2.05) is 0 Å². The van der Waals surface area contributed by atoms with E-state index in [1.165, 1.54) is 23.5 Å². The molecule has 1 aromatic heterocycles. The molecule has 2 aromatic rings. The molecule has 106 valence electrons. The lowest BCUT2D eigenvalue weighted by molar-refractivity contribution is 0.397. The standard InChI is InChI=1S/C12H10O4S4/c1-16-9-4-6-2-3-7-11(18-19-12(7)17)8(6)5-10(9)20(13,14)15/h4-5H,2-3H2,1H3,(H,13,14,15). The highest BCUT2D eigenvalue weighted by Gasteiger charge is 2.25. The second-order valence-electron chi connectivity index (χ2n) is 4.40. The summed E-state index contributed by atoms with van der Waals surface area (Å²) in [5.41, 5.74) is 2.96. The van der Waals surface area contributed by atoms with Gasteiger partial charge in [0.1, 0.15) is 14.5 Å². The first kappa shape index (κ1) is 14.2. The van der Waals surface area contributed by atoms with E-state index in [0.717, 1.165) is 38.2 Å². The Hall–Kier alpha value is -0.800. The van der Waals surface area contributed by atoms with Crippen molar-refractivity contribution in [3.05, 3.63) is 27.1 Å². The van der Waals surface area contributed by atoms with Crippen LogP contribution < -0.4 is 4.74 Å². The van der Waals surface area contributed by atoms with Gasteiger partial charge in [-0.1, -0.05) is 32.9 Å². The minimum atomic E-state index is -4.32. The third-order valence-corrected chi connectivity index (χ3v) is 7.33. The highest BCUT2D eigenvalue weighted by atomic mass is 32.9. The van der Waals surface area contributed by atoms with Crippen LogP contribution in [0.3, 0.4) is 0 Å². The fourth-order valence-electron chi connectivity index (χ4n) is 2.34. The minimum Gasteiger partial charge on any atom is -0.495 e. The summed E-state index contributed by atoms with van der Waals surface area (Å²) in [5.74, 6) is 0.175. The average Bonchev–Trinajstić information content (AvgIpc) is 2.78. The van der Waals surface area contributed by atoms with Crippen LogP contribution >= 0.6 is 32.9 Å². The van der Waals surface area contributed by atoms with Crippen molar-refractivity contribution in [2.24, 2.45) is 0 Å². The first-order chi connectivity index (χ1) is 9.41. The molecule has 8 heteroatoms. The maximum Gasteiger partial charge on any atom is 0.298 e. The fraction of sp³-hybridized carbons (Fsp3) is 0.250. The summed E-state index contributed by atoms with van der Waals surface area (Å²) in [6.07, 6.45) is 1.65. The van der Waals surface area contributed by atoms with Gasteiger partial charge in [-0.15, -0.1) is 0 Å². The van der Waals surface area contributed by atoms with Gasteiger partial charge in [-0.2, -0.15) is 8.42 Å². The lowest BCUT2D eigenvalue weighted by Crippen LogP contribution is -2.07. The van der Waals surface area contributed by atoms with Gasteiger partial charge in [0.05, 0.1) is 12.0 Å². The number of methoxy groups -OCH3 is 1. The van der Waals surface area contributed by atoms with Crippen molar-refractivity contribution >= 4 is 43.0 Å². The molecule has 20 heavy (non-hydrogen) atoms. The summed E-state index contributed by atoms with van der Waals surface area (Å²) in [6, 6.07) is 3.17. The second kappa shape index (κ2) is 4.88. The predicted octanol–water partition coefficient (Wildman–Crippen LogP) is 3.56. The van der Waals surface area contributed by atoms with Crippen molar-refractivity contribution in [1.82, 2.24) is 0 Å². The zero-order chi connectivity index (χ0) is 14.5. The average molecular weight is 346 g/mol. The van der Waals surface area contributed by atoms with Crippen molar-refractivity contribution in [3.8, 4) is 16.2 Å². The molecule has 0 fully saturated rings. The van der Waals surface area contributed by atoms with Gasteiger partial charge in [-0.3, -0.25) is 4.55 Å². The molecule has 0 unspecified atom stereocenters. The van der Waals surface area contributed by atoms with Crippen LogP contribution in [0.2, 0.25) is 0 Å². The lowest BCUT2D eigenvalue weighted by atomic mass is 9.92. The highest BCUT2D eigenvalue weighted by Crippen LogP contribution is 2.43. The topological polar surface area (TPSA) is 63.6 Å². The summed E-state index contributed by atoms with van der Waals surface area (Å²) in [4.78, 5) is 0.810. The van der Waals surface area contributed by atoms with Crippen LogP contribution in [0.15, 0.2) is 17.0 Å². The maximum absolute atomic E-state index is 11.5. The molecule has 1 heterocycles. The molecular formula is C12H10O4S4. The number of aryl methyl sites for hydroxylation is 1. The smallest absolute Gasteiger partial charge is 0.298 e. The van der Waals surface area contributed by atoms with Crippen molar-refractivity contribution in [1.29, 1.82) is 0 Å². The Morgan fingerprint density at radius 1 is 1.30 bits per heavy atom.